The van der Waals surface area contributed by atoms with Crippen molar-refractivity contribution in [2.75, 3.05) is 13.1 Å². The Kier molecular flexibility index (Phi) is 3.11. The van der Waals surface area contributed by atoms with E-state index in [4.69, 9.17) is 0 Å². The topological polar surface area (TPSA) is 53.4 Å². The number of rotatable bonds is 3. The van der Waals surface area contributed by atoms with Crippen LogP contribution in [0.25, 0.3) is 0 Å². The average molecular weight is 238 g/mol. The number of hydrogen-bond acceptors (Lipinski definition) is 3. The molecule has 1 N–H and O–H groups in total. The summed E-state index contributed by atoms with van der Waals surface area (Å²) in [6.07, 6.45) is 3.93. The second-order valence-electron chi connectivity index (χ2n) is 4.49. The van der Waals surface area contributed by atoms with Crippen LogP contribution in [0.1, 0.15) is 30.1 Å². The first-order chi connectivity index (χ1) is 8.06. The molecular weight excluding hydrogens is 223 g/mol. The number of β-amino-alcohol motifs (C(OH)–C–C–N with tert-alkyl or cyclic N) is 1. The number of carbonyl (C=O) groups is 1. The Morgan fingerprint density at radius 2 is 2.35 bits per heavy atom. The number of halogens is 1. The van der Waals surface area contributed by atoms with Crippen LogP contribution in [0.2, 0.25) is 0 Å². The molecule has 17 heavy (non-hydrogen) atoms. The first-order valence-electron chi connectivity index (χ1n) is 5.67. The Morgan fingerprint density at radius 3 is 2.94 bits per heavy atom. The van der Waals surface area contributed by atoms with Crippen LogP contribution in [0.4, 0.5) is 4.39 Å². The summed E-state index contributed by atoms with van der Waals surface area (Å²) in [5.74, 6) is -1.01. The molecule has 2 rings (SSSR count). The number of nitrogens with zero attached hydrogens (tertiary/aromatic N) is 2. The molecule has 0 atom stereocenters. The molecule has 0 aromatic carbocycles. The third-order valence-corrected chi connectivity index (χ3v) is 2.98. The van der Waals surface area contributed by atoms with Gasteiger partial charge < -0.3 is 10.0 Å². The minimum absolute atomic E-state index is 0.0125. The zero-order valence-corrected chi connectivity index (χ0v) is 9.69. The van der Waals surface area contributed by atoms with Crippen LogP contribution >= 0.6 is 0 Å². The van der Waals surface area contributed by atoms with Crippen molar-refractivity contribution in [1.29, 1.82) is 0 Å². The summed E-state index contributed by atoms with van der Waals surface area (Å²) >= 11 is 0. The van der Waals surface area contributed by atoms with E-state index in [-0.39, 0.29) is 24.6 Å². The molecule has 4 nitrogen and oxygen atoms in total. The number of amides is 1. The molecule has 0 radical (unpaired) electrons. The van der Waals surface area contributed by atoms with Gasteiger partial charge in [0, 0.05) is 6.20 Å². The van der Waals surface area contributed by atoms with Crippen molar-refractivity contribution in [1.82, 2.24) is 9.88 Å². The maximum absolute atomic E-state index is 13.3. The van der Waals surface area contributed by atoms with Gasteiger partial charge in [-0.15, -0.1) is 0 Å². The van der Waals surface area contributed by atoms with E-state index >= 15 is 0 Å². The number of aromatic nitrogens is 1. The molecule has 1 aromatic heterocycles. The van der Waals surface area contributed by atoms with Crippen molar-refractivity contribution >= 4 is 5.91 Å². The second-order valence-corrected chi connectivity index (χ2v) is 4.49. The standard InChI is InChI=1S/C12H15FN2O2/c1-2-4-12(17)7-15(8-12)11(16)9-3-5-14-6-10(9)13/h3,5-6,17H,2,4,7-8H2,1H3. The summed E-state index contributed by atoms with van der Waals surface area (Å²) in [5, 5.41) is 9.95. The lowest BCUT2D eigenvalue weighted by molar-refractivity contribution is -0.0861. The lowest BCUT2D eigenvalue weighted by Crippen LogP contribution is -2.63. The van der Waals surface area contributed by atoms with Gasteiger partial charge in [-0.25, -0.2) is 4.39 Å². The SMILES string of the molecule is CCCC1(O)CN(C(=O)c2ccncc2F)C1. The Morgan fingerprint density at radius 1 is 1.65 bits per heavy atom. The van der Waals surface area contributed by atoms with Crippen molar-refractivity contribution in [3.8, 4) is 0 Å². The van der Waals surface area contributed by atoms with Crippen LogP contribution in [-0.4, -0.2) is 39.6 Å². The van der Waals surface area contributed by atoms with E-state index in [9.17, 15) is 14.3 Å². The van der Waals surface area contributed by atoms with Crippen molar-refractivity contribution in [3.05, 3.63) is 29.8 Å². The molecule has 5 heteroatoms. The first kappa shape index (κ1) is 12.0. The summed E-state index contributed by atoms with van der Waals surface area (Å²) in [6, 6.07) is 1.36. The molecule has 1 aromatic rings. The van der Waals surface area contributed by atoms with Gasteiger partial charge in [0.2, 0.25) is 0 Å². The summed E-state index contributed by atoms with van der Waals surface area (Å²) < 4.78 is 13.3. The number of likely N-dealkylation sites (tertiary alicyclic amines) is 1. The van der Waals surface area contributed by atoms with Crippen LogP contribution < -0.4 is 0 Å². The van der Waals surface area contributed by atoms with E-state index in [1.165, 1.54) is 17.2 Å². The van der Waals surface area contributed by atoms with Crippen molar-refractivity contribution in [2.45, 2.75) is 25.4 Å². The van der Waals surface area contributed by atoms with Crippen molar-refractivity contribution in [2.24, 2.45) is 0 Å². The summed E-state index contributed by atoms with van der Waals surface area (Å²) in [4.78, 5) is 16.9. The van der Waals surface area contributed by atoms with Gasteiger partial charge in [-0.2, -0.15) is 0 Å². The highest BCUT2D eigenvalue weighted by Gasteiger charge is 2.43. The smallest absolute Gasteiger partial charge is 0.257 e. The Hall–Kier alpha value is -1.49. The highest BCUT2D eigenvalue weighted by Crippen LogP contribution is 2.27. The van der Waals surface area contributed by atoms with Gasteiger partial charge in [0.05, 0.1) is 30.5 Å². The van der Waals surface area contributed by atoms with Gasteiger partial charge in [0.1, 0.15) is 0 Å². The maximum Gasteiger partial charge on any atom is 0.257 e. The van der Waals surface area contributed by atoms with Crippen LogP contribution in [-0.2, 0) is 0 Å². The molecule has 0 saturated carbocycles. The molecule has 1 amide bonds. The van der Waals surface area contributed by atoms with Gasteiger partial charge in [0.25, 0.3) is 5.91 Å². The second kappa shape index (κ2) is 4.41. The van der Waals surface area contributed by atoms with E-state index < -0.39 is 11.4 Å². The van der Waals surface area contributed by atoms with E-state index in [2.05, 4.69) is 4.98 Å². The normalized spacial score (nSPS) is 17.7. The van der Waals surface area contributed by atoms with Crippen molar-refractivity contribution in [3.63, 3.8) is 0 Å². The predicted molar refractivity (Wildman–Crippen MR) is 60.0 cm³/mol. The fourth-order valence-electron chi connectivity index (χ4n) is 2.15. The van der Waals surface area contributed by atoms with Gasteiger partial charge in [-0.05, 0) is 12.5 Å². The first-order valence-corrected chi connectivity index (χ1v) is 5.67. The van der Waals surface area contributed by atoms with Gasteiger partial charge >= 0.3 is 0 Å². The summed E-state index contributed by atoms with van der Waals surface area (Å²) in [7, 11) is 0. The molecule has 0 spiro atoms. The van der Waals surface area contributed by atoms with Crippen molar-refractivity contribution < 1.29 is 14.3 Å². The Balaban J connectivity index is 2.03. The summed E-state index contributed by atoms with van der Waals surface area (Å²) in [6.45, 7) is 2.54. The molecule has 1 aliphatic rings. The third-order valence-electron chi connectivity index (χ3n) is 2.98. The molecule has 92 valence electrons. The van der Waals surface area contributed by atoms with E-state index in [0.29, 0.717) is 6.42 Å². The average Bonchev–Trinajstić information content (AvgIpc) is 2.26. The number of carbonyl (C=O) groups excluding carboxylic acids is 1. The monoisotopic (exact) mass is 238 g/mol. The molecule has 0 bridgehead atoms. The number of pyridine rings is 1. The number of aliphatic hydroxyl groups is 1. The summed E-state index contributed by atoms with van der Waals surface area (Å²) in [5.41, 5.74) is -0.771. The van der Waals surface area contributed by atoms with E-state index in [0.717, 1.165) is 12.6 Å². The largest absolute Gasteiger partial charge is 0.386 e. The fourth-order valence-corrected chi connectivity index (χ4v) is 2.15. The Labute approximate surface area is 99.1 Å². The zero-order chi connectivity index (χ0) is 12.5. The van der Waals surface area contributed by atoms with Crippen LogP contribution in [0, 0.1) is 5.82 Å². The lowest BCUT2D eigenvalue weighted by atomic mass is 9.89. The van der Waals surface area contributed by atoms with Gasteiger partial charge in [-0.1, -0.05) is 13.3 Å². The minimum Gasteiger partial charge on any atom is -0.386 e. The molecule has 0 aliphatic carbocycles. The van der Waals surface area contributed by atoms with E-state index in [1.54, 1.807) is 0 Å². The predicted octanol–water partition coefficient (Wildman–Crippen LogP) is 1.21. The molecule has 1 aliphatic heterocycles. The van der Waals surface area contributed by atoms with Gasteiger partial charge in [-0.3, -0.25) is 9.78 Å². The third kappa shape index (κ3) is 2.29. The highest BCUT2D eigenvalue weighted by molar-refractivity contribution is 5.95. The molecule has 0 unspecified atom stereocenters. The molecular formula is C12H15FN2O2. The van der Waals surface area contributed by atoms with Crippen LogP contribution in [0.5, 0.6) is 0 Å². The maximum atomic E-state index is 13.3. The lowest BCUT2D eigenvalue weighted by Gasteiger charge is -2.46. The minimum atomic E-state index is -0.784. The van der Waals surface area contributed by atoms with Crippen LogP contribution in [0.15, 0.2) is 18.5 Å². The number of hydrogen-bond donors (Lipinski definition) is 1. The Bertz CT molecular complexity index is 430. The molecule has 1 saturated heterocycles. The quantitative estimate of drug-likeness (QED) is 0.861. The zero-order valence-electron chi connectivity index (χ0n) is 9.69. The van der Waals surface area contributed by atoms with E-state index in [1.807, 2.05) is 6.92 Å². The van der Waals surface area contributed by atoms with Crippen LogP contribution in [0.3, 0.4) is 0 Å². The molecule has 2 heterocycles. The van der Waals surface area contributed by atoms with Gasteiger partial charge in [0.15, 0.2) is 5.82 Å². The fraction of sp³-hybridized carbons (Fsp3) is 0.500. The highest BCUT2D eigenvalue weighted by atomic mass is 19.1. The molecule has 1 fully saturated rings.